The standard InChI is InChI=1S/C31H35N5S/c1-4-24-13-8-9-17-28(24)36-22(2)21-26(23(36)3)30-29(27-16-10-11-18-33-27)34-31(37)35(30)20-12-19-32-25-14-6-5-7-15-25/h5-11,13-18,21,29-30,32H,4,12,19-20H2,1-3H3,(H,34,37)/t29-,30-/m1/s1. The van der Waals surface area contributed by atoms with Crippen molar-refractivity contribution in [1.29, 1.82) is 0 Å². The lowest BCUT2D eigenvalue weighted by molar-refractivity contribution is 0.315. The molecule has 5 rings (SSSR count). The molecule has 0 aliphatic carbocycles. The summed E-state index contributed by atoms with van der Waals surface area (Å²) in [5.74, 6) is 0. The molecule has 1 aliphatic heterocycles. The Balaban J connectivity index is 1.47. The second-order valence-corrected chi connectivity index (χ2v) is 10.00. The Labute approximate surface area is 225 Å². The number of aromatic nitrogens is 2. The zero-order chi connectivity index (χ0) is 25.8. The predicted molar refractivity (Wildman–Crippen MR) is 156 cm³/mol. The fourth-order valence-corrected chi connectivity index (χ4v) is 5.84. The van der Waals surface area contributed by atoms with E-state index in [4.69, 9.17) is 17.2 Å². The molecule has 0 unspecified atom stereocenters. The number of hydrogen-bond donors (Lipinski definition) is 2. The topological polar surface area (TPSA) is 45.1 Å². The van der Waals surface area contributed by atoms with E-state index in [0.717, 1.165) is 42.4 Å². The molecule has 6 heteroatoms. The Kier molecular flexibility index (Phi) is 7.56. The summed E-state index contributed by atoms with van der Waals surface area (Å²) in [6.07, 6.45) is 3.83. The van der Waals surface area contributed by atoms with Crippen molar-refractivity contribution in [3.05, 3.63) is 113 Å². The van der Waals surface area contributed by atoms with Gasteiger partial charge in [-0.3, -0.25) is 4.98 Å². The molecule has 0 amide bonds. The molecule has 3 heterocycles. The summed E-state index contributed by atoms with van der Waals surface area (Å²) in [6, 6.07) is 27.6. The van der Waals surface area contributed by atoms with E-state index in [2.05, 4.69) is 108 Å². The van der Waals surface area contributed by atoms with Gasteiger partial charge in [-0.1, -0.05) is 49.4 Å². The number of aryl methyl sites for hydroxylation is 2. The summed E-state index contributed by atoms with van der Waals surface area (Å²) in [5, 5.41) is 7.93. The summed E-state index contributed by atoms with van der Waals surface area (Å²) < 4.78 is 2.40. The number of nitrogens with zero attached hydrogens (tertiary/aromatic N) is 3. The molecule has 2 aromatic heterocycles. The van der Waals surface area contributed by atoms with E-state index in [1.165, 1.54) is 28.2 Å². The maximum atomic E-state index is 5.91. The number of benzene rings is 2. The minimum Gasteiger partial charge on any atom is -0.385 e. The largest absolute Gasteiger partial charge is 0.385 e. The fourth-order valence-electron chi connectivity index (χ4n) is 5.51. The van der Waals surface area contributed by atoms with Crippen molar-refractivity contribution in [3.63, 3.8) is 0 Å². The van der Waals surface area contributed by atoms with Crippen LogP contribution in [0, 0.1) is 13.8 Å². The van der Waals surface area contributed by atoms with Gasteiger partial charge in [0.2, 0.25) is 0 Å². The predicted octanol–water partition coefficient (Wildman–Crippen LogP) is 6.53. The lowest BCUT2D eigenvalue weighted by atomic mass is 9.96. The normalized spacial score (nSPS) is 17.2. The van der Waals surface area contributed by atoms with E-state index in [-0.39, 0.29) is 12.1 Å². The molecule has 0 saturated carbocycles. The summed E-state index contributed by atoms with van der Waals surface area (Å²) in [5.41, 5.74) is 8.54. The van der Waals surface area contributed by atoms with Crippen LogP contribution in [0.4, 0.5) is 5.69 Å². The molecule has 0 bridgehead atoms. The molecular formula is C31H35N5S. The highest BCUT2D eigenvalue weighted by molar-refractivity contribution is 7.80. The van der Waals surface area contributed by atoms with Gasteiger partial charge < -0.3 is 20.1 Å². The molecule has 0 radical (unpaired) electrons. The Bertz CT molecular complexity index is 1350. The smallest absolute Gasteiger partial charge is 0.170 e. The van der Waals surface area contributed by atoms with Gasteiger partial charge in [0.1, 0.15) is 0 Å². The molecule has 2 aromatic carbocycles. The minimum atomic E-state index is -0.00819. The van der Waals surface area contributed by atoms with Crippen molar-refractivity contribution < 1.29 is 0 Å². The van der Waals surface area contributed by atoms with Gasteiger partial charge >= 0.3 is 0 Å². The van der Waals surface area contributed by atoms with Crippen LogP contribution in [0.25, 0.3) is 5.69 Å². The Morgan fingerprint density at radius 2 is 1.73 bits per heavy atom. The van der Waals surface area contributed by atoms with Gasteiger partial charge in [0.15, 0.2) is 5.11 Å². The molecule has 1 fully saturated rings. The van der Waals surface area contributed by atoms with Crippen LogP contribution in [0.3, 0.4) is 0 Å². The molecule has 0 spiro atoms. The van der Waals surface area contributed by atoms with Crippen LogP contribution in [0.2, 0.25) is 0 Å². The highest BCUT2D eigenvalue weighted by Gasteiger charge is 2.41. The molecule has 4 aromatic rings. The Morgan fingerprint density at radius 3 is 2.49 bits per heavy atom. The van der Waals surface area contributed by atoms with Gasteiger partial charge in [-0.05, 0) is 86.4 Å². The highest BCUT2D eigenvalue weighted by Crippen LogP contribution is 2.41. The van der Waals surface area contributed by atoms with Crippen molar-refractivity contribution >= 4 is 23.0 Å². The molecule has 37 heavy (non-hydrogen) atoms. The summed E-state index contributed by atoms with van der Waals surface area (Å²) >= 11 is 5.91. The van der Waals surface area contributed by atoms with E-state index < -0.39 is 0 Å². The maximum absolute atomic E-state index is 5.91. The average molecular weight is 510 g/mol. The zero-order valence-electron chi connectivity index (χ0n) is 21.8. The summed E-state index contributed by atoms with van der Waals surface area (Å²) in [4.78, 5) is 7.08. The van der Waals surface area contributed by atoms with Crippen LogP contribution < -0.4 is 10.6 Å². The third-order valence-electron chi connectivity index (χ3n) is 7.28. The second-order valence-electron chi connectivity index (χ2n) is 9.61. The van der Waals surface area contributed by atoms with Crippen molar-refractivity contribution in [2.75, 3.05) is 18.4 Å². The second kappa shape index (κ2) is 11.2. The summed E-state index contributed by atoms with van der Waals surface area (Å²) in [7, 11) is 0. The highest BCUT2D eigenvalue weighted by atomic mass is 32.1. The third-order valence-corrected chi connectivity index (χ3v) is 7.63. The SMILES string of the molecule is CCc1ccccc1-n1c(C)cc([C@@H]2[C@@H](c3ccccn3)NC(=S)N2CCCNc2ccccc2)c1C. The first-order chi connectivity index (χ1) is 18.1. The number of pyridine rings is 1. The van der Waals surface area contributed by atoms with Gasteiger partial charge in [0, 0.05) is 42.0 Å². The first-order valence-corrected chi connectivity index (χ1v) is 13.5. The van der Waals surface area contributed by atoms with E-state index in [0.29, 0.717) is 0 Å². The van der Waals surface area contributed by atoms with Crippen LogP contribution in [0.1, 0.15) is 53.6 Å². The molecule has 1 saturated heterocycles. The van der Waals surface area contributed by atoms with Gasteiger partial charge in [0.05, 0.1) is 17.8 Å². The number of hydrogen-bond acceptors (Lipinski definition) is 3. The third kappa shape index (κ3) is 5.12. The van der Waals surface area contributed by atoms with Crippen LogP contribution in [-0.2, 0) is 6.42 Å². The minimum absolute atomic E-state index is 0.00819. The van der Waals surface area contributed by atoms with E-state index in [1.807, 2.05) is 18.3 Å². The average Bonchev–Trinajstić information content (AvgIpc) is 3.41. The van der Waals surface area contributed by atoms with Gasteiger partial charge in [0.25, 0.3) is 0 Å². The lowest BCUT2D eigenvalue weighted by Gasteiger charge is -2.28. The molecule has 5 nitrogen and oxygen atoms in total. The number of rotatable bonds is 9. The molecule has 2 N–H and O–H groups in total. The van der Waals surface area contributed by atoms with E-state index in [1.54, 1.807) is 0 Å². The van der Waals surface area contributed by atoms with E-state index in [9.17, 15) is 0 Å². The molecule has 1 aliphatic rings. The van der Waals surface area contributed by atoms with Crippen LogP contribution in [0.15, 0.2) is 85.1 Å². The van der Waals surface area contributed by atoms with Gasteiger partial charge in [-0.2, -0.15) is 0 Å². The number of nitrogens with one attached hydrogen (secondary N) is 2. The number of thiocarbonyl (C=S) groups is 1. The monoisotopic (exact) mass is 509 g/mol. The molecular weight excluding hydrogens is 474 g/mol. The maximum Gasteiger partial charge on any atom is 0.170 e. The van der Waals surface area contributed by atoms with Crippen LogP contribution in [0.5, 0.6) is 0 Å². The van der Waals surface area contributed by atoms with Gasteiger partial charge in [-0.25, -0.2) is 0 Å². The number of anilines is 1. The van der Waals surface area contributed by atoms with Crippen LogP contribution in [-0.4, -0.2) is 32.7 Å². The quantitative estimate of drug-likeness (QED) is 0.198. The van der Waals surface area contributed by atoms with Crippen molar-refractivity contribution in [3.8, 4) is 5.69 Å². The van der Waals surface area contributed by atoms with Crippen molar-refractivity contribution in [2.24, 2.45) is 0 Å². The molecule has 2 atom stereocenters. The van der Waals surface area contributed by atoms with Crippen molar-refractivity contribution in [1.82, 2.24) is 19.8 Å². The van der Waals surface area contributed by atoms with Crippen LogP contribution >= 0.6 is 12.2 Å². The van der Waals surface area contributed by atoms with Gasteiger partial charge in [-0.15, -0.1) is 0 Å². The zero-order valence-corrected chi connectivity index (χ0v) is 22.6. The number of para-hydroxylation sites is 2. The van der Waals surface area contributed by atoms with Crippen molar-refractivity contribution in [2.45, 2.75) is 45.7 Å². The van der Waals surface area contributed by atoms with E-state index >= 15 is 0 Å². The fraction of sp³-hybridized carbons (Fsp3) is 0.290. The lowest BCUT2D eigenvalue weighted by Crippen LogP contribution is -2.31. The molecule has 190 valence electrons. The Morgan fingerprint density at radius 1 is 0.973 bits per heavy atom. The summed E-state index contributed by atoms with van der Waals surface area (Å²) in [6.45, 7) is 8.39. The first kappa shape index (κ1) is 25.0. The first-order valence-electron chi connectivity index (χ1n) is 13.1. The Hall–Kier alpha value is -3.64.